The van der Waals surface area contributed by atoms with E-state index >= 15 is 0 Å². The van der Waals surface area contributed by atoms with E-state index in [-0.39, 0.29) is 12.1 Å². The summed E-state index contributed by atoms with van der Waals surface area (Å²) in [6, 6.07) is 14.2. The standard InChI is InChI=1S/C15H13Br2NO/c16-10-3-1-2-9(6-10)14-8-13(18)12-5-4-11(17)7-15(12)19-14/h1-7,13-14H,8,18H2/t13-,14?/m0/s1. The molecule has 1 heterocycles. The molecule has 2 nitrogen and oxygen atoms in total. The van der Waals surface area contributed by atoms with Crippen LogP contribution in [0.5, 0.6) is 5.75 Å². The molecule has 0 fully saturated rings. The van der Waals surface area contributed by atoms with E-state index in [0.29, 0.717) is 0 Å². The fourth-order valence-electron chi connectivity index (χ4n) is 2.39. The molecule has 0 radical (unpaired) electrons. The molecule has 1 aliphatic heterocycles. The normalized spacial score (nSPS) is 21.6. The van der Waals surface area contributed by atoms with Gasteiger partial charge in [-0.15, -0.1) is 0 Å². The Hall–Kier alpha value is -0.840. The van der Waals surface area contributed by atoms with E-state index in [0.717, 1.165) is 32.2 Å². The maximum absolute atomic E-state index is 6.26. The molecule has 0 aliphatic carbocycles. The summed E-state index contributed by atoms with van der Waals surface area (Å²) in [6.07, 6.45) is 0.805. The van der Waals surface area contributed by atoms with Crippen molar-refractivity contribution in [2.75, 3.05) is 0 Å². The van der Waals surface area contributed by atoms with E-state index in [1.165, 1.54) is 0 Å². The fourth-order valence-corrected chi connectivity index (χ4v) is 3.14. The Balaban J connectivity index is 1.96. The van der Waals surface area contributed by atoms with Gasteiger partial charge < -0.3 is 10.5 Å². The Morgan fingerprint density at radius 3 is 2.63 bits per heavy atom. The SMILES string of the molecule is N[C@H]1CC(c2cccc(Br)c2)Oc2cc(Br)ccc21. The molecule has 2 N–H and O–H groups in total. The van der Waals surface area contributed by atoms with Crippen molar-refractivity contribution in [3.63, 3.8) is 0 Å². The molecule has 4 heteroatoms. The molecule has 2 atom stereocenters. The summed E-state index contributed by atoms with van der Waals surface area (Å²) >= 11 is 6.96. The van der Waals surface area contributed by atoms with Crippen molar-refractivity contribution in [1.82, 2.24) is 0 Å². The molecule has 0 saturated heterocycles. The number of fused-ring (bicyclic) bond motifs is 1. The molecule has 1 aliphatic rings. The van der Waals surface area contributed by atoms with Crippen LogP contribution in [0.25, 0.3) is 0 Å². The highest BCUT2D eigenvalue weighted by molar-refractivity contribution is 9.10. The smallest absolute Gasteiger partial charge is 0.126 e. The predicted octanol–water partition coefficient (Wildman–Crippen LogP) is 4.74. The van der Waals surface area contributed by atoms with Crippen LogP contribution in [0.4, 0.5) is 0 Å². The second-order valence-electron chi connectivity index (χ2n) is 4.69. The highest BCUT2D eigenvalue weighted by Crippen LogP contribution is 2.41. The van der Waals surface area contributed by atoms with Crippen LogP contribution in [0.1, 0.15) is 29.7 Å². The lowest BCUT2D eigenvalue weighted by Gasteiger charge is -2.30. The molecular formula is C15H13Br2NO. The lowest BCUT2D eigenvalue weighted by Crippen LogP contribution is -2.24. The fraction of sp³-hybridized carbons (Fsp3) is 0.200. The molecular weight excluding hydrogens is 370 g/mol. The van der Waals surface area contributed by atoms with Crippen LogP contribution >= 0.6 is 31.9 Å². The van der Waals surface area contributed by atoms with Crippen molar-refractivity contribution in [2.45, 2.75) is 18.6 Å². The highest BCUT2D eigenvalue weighted by atomic mass is 79.9. The monoisotopic (exact) mass is 381 g/mol. The second kappa shape index (κ2) is 5.27. The quantitative estimate of drug-likeness (QED) is 0.773. The number of nitrogens with two attached hydrogens (primary N) is 1. The molecule has 0 bridgehead atoms. The molecule has 2 aromatic carbocycles. The van der Waals surface area contributed by atoms with E-state index in [1.54, 1.807) is 0 Å². The maximum atomic E-state index is 6.26. The predicted molar refractivity (Wildman–Crippen MR) is 83.2 cm³/mol. The Bertz CT molecular complexity index is 615. The van der Waals surface area contributed by atoms with Crippen molar-refractivity contribution in [2.24, 2.45) is 5.73 Å². The Morgan fingerprint density at radius 2 is 1.84 bits per heavy atom. The van der Waals surface area contributed by atoms with Crippen molar-refractivity contribution in [3.8, 4) is 5.75 Å². The molecule has 2 aromatic rings. The lowest BCUT2D eigenvalue weighted by atomic mass is 9.94. The average molecular weight is 383 g/mol. The molecule has 0 aromatic heterocycles. The zero-order valence-electron chi connectivity index (χ0n) is 10.1. The van der Waals surface area contributed by atoms with Crippen molar-refractivity contribution >= 4 is 31.9 Å². The first-order valence-electron chi connectivity index (χ1n) is 6.10. The van der Waals surface area contributed by atoms with Crippen LogP contribution in [0.3, 0.4) is 0 Å². The molecule has 98 valence electrons. The minimum Gasteiger partial charge on any atom is -0.485 e. The summed E-state index contributed by atoms with van der Waals surface area (Å²) in [5, 5.41) is 0. The molecule has 0 saturated carbocycles. The van der Waals surface area contributed by atoms with Gasteiger partial charge in [0.15, 0.2) is 0 Å². The summed E-state index contributed by atoms with van der Waals surface area (Å²) in [4.78, 5) is 0. The van der Waals surface area contributed by atoms with E-state index in [9.17, 15) is 0 Å². The van der Waals surface area contributed by atoms with Crippen LogP contribution in [0.15, 0.2) is 51.4 Å². The third-order valence-corrected chi connectivity index (χ3v) is 4.32. The second-order valence-corrected chi connectivity index (χ2v) is 6.52. The Morgan fingerprint density at radius 1 is 1.05 bits per heavy atom. The van der Waals surface area contributed by atoms with Gasteiger partial charge in [0.1, 0.15) is 11.9 Å². The van der Waals surface area contributed by atoms with Crippen LogP contribution < -0.4 is 10.5 Å². The van der Waals surface area contributed by atoms with E-state index in [1.807, 2.05) is 30.3 Å². The molecule has 19 heavy (non-hydrogen) atoms. The van der Waals surface area contributed by atoms with Crippen LogP contribution in [0, 0.1) is 0 Å². The number of hydrogen-bond donors (Lipinski definition) is 1. The minimum atomic E-state index is 0.00861. The third kappa shape index (κ3) is 2.71. The Labute approximate surface area is 129 Å². The van der Waals surface area contributed by atoms with Crippen LogP contribution in [-0.2, 0) is 0 Å². The first-order valence-corrected chi connectivity index (χ1v) is 7.69. The first kappa shape index (κ1) is 13.2. The van der Waals surface area contributed by atoms with Gasteiger partial charge >= 0.3 is 0 Å². The van der Waals surface area contributed by atoms with Gasteiger partial charge in [-0.1, -0.05) is 50.1 Å². The van der Waals surface area contributed by atoms with Gasteiger partial charge in [0.05, 0.1) is 0 Å². The van der Waals surface area contributed by atoms with Gasteiger partial charge in [0.25, 0.3) is 0 Å². The molecule has 0 amide bonds. The van der Waals surface area contributed by atoms with E-state index in [2.05, 4.69) is 44.0 Å². The summed E-state index contributed by atoms with van der Waals surface area (Å²) in [5.74, 6) is 0.873. The summed E-state index contributed by atoms with van der Waals surface area (Å²) in [7, 11) is 0. The molecule has 1 unspecified atom stereocenters. The average Bonchev–Trinajstić information content (AvgIpc) is 2.38. The summed E-state index contributed by atoms with van der Waals surface area (Å²) < 4.78 is 8.16. The van der Waals surface area contributed by atoms with E-state index < -0.39 is 0 Å². The number of hydrogen-bond acceptors (Lipinski definition) is 2. The number of halogens is 2. The van der Waals surface area contributed by atoms with Crippen LogP contribution in [-0.4, -0.2) is 0 Å². The van der Waals surface area contributed by atoms with Crippen molar-refractivity contribution in [1.29, 1.82) is 0 Å². The van der Waals surface area contributed by atoms with Crippen molar-refractivity contribution in [3.05, 3.63) is 62.5 Å². The molecule has 3 rings (SSSR count). The zero-order chi connectivity index (χ0) is 13.4. The summed E-state index contributed by atoms with van der Waals surface area (Å²) in [6.45, 7) is 0. The zero-order valence-corrected chi connectivity index (χ0v) is 13.3. The minimum absolute atomic E-state index is 0.00861. The first-order chi connectivity index (χ1) is 9.13. The van der Waals surface area contributed by atoms with Gasteiger partial charge in [0.2, 0.25) is 0 Å². The van der Waals surface area contributed by atoms with Crippen molar-refractivity contribution < 1.29 is 4.74 Å². The topological polar surface area (TPSA) is 35.2 Å². The molecule has 0 spiro atoms. The van der Waals surface area contributed by atoms with Gasteiger partial charge in [-0.3, -0.25) is 0 Å². The van der Waals surface area contributed by atoms with Gasteiger partial charge in [0, 0.05) is 27.0 Å². The largest absolute Gasteiger partial charge is 0.485 e. The lowest BCUT2D eigenvalue weighted by molar-refractivity contribution is 0.161. The van der Waals surface area contributed by atoms with Gasteiger partial charge in [-0.2, -0.15) is 0 Å². The Kier molecular flexibility index (Phi) is 3.65. The number of benzene rings is 2. The van der Waals surface area contributed by atoms with Gasteiger partial charge in [-0.05, 0) is 29.8 Å². The third-order valence-electron chi connectivity index (χ3n) is 3.33. The number of rotatable bonds is 1. The highest BCUT2D eigenvalue weighted by Gasteiger charge is 2.27. The van der Waals surface area contributed by atoms with E-state index in [4.69, 9.17) is 10.5 Å². The number of ether oxygens (including phenoxy) is 1. The summed E-state index contributed by atoms with van der Waals surface area (Å²) in [5.41, 5.74) is 8.48. The van der Waals surface area contributed by atoms with Crippen LogP contribution in [0.2, 0.25) is 0 Å². The maximum Gasteiger partial charge on any atom is 0.126 e. The van der Waals surface area contributed by atoms with Gasteiger partial charge in [-0.25, -0.2) is 0 Å².